The van der Waals surface area contributed by atoms with Crippen molar-refractivity contribution in [1.82, 2.24) is 10.1 Å². The van der Waals surface area contributed by atoms with Gasteiger partial charge in [-0.2, -0.15) is 10.1 Å². The van der Waals surface area contributed by atoms with Gasteiger partial charge < -0.3 is 10.2 Å². The lowest BCUT2D eigenvalue weighted by Crippen LogP contribution is -2.24. The Morgan fingerprint density at radius 1 is 0.654 bits per heavy atom. The summed E-state index contributed by atoms with van der Waals surface area (Å²) in [5.41, 5.74) is 0. The van der Waals surface area contributed by atoms with Crippen molar-refractivity contribution >= 4 is 35.6 Å². The molecule has 0 aliphatic carbocycles. The average Bonchev–Trinajstić information content (AvgIpc) is 3.02. The average molecular weight is 376 g/mol. The number of rotatable bonds is 5. The van der Waals surface area contributed by atoms with E-state index >= 15 is 0 Å². The highest BCUT2D eigenvalue weighted by Crippen LogP contribution is 2.07. The van der Waals surface area contributed by atoms with Gasteiger partial charge in [0.05, 0.1) is 0 Å². The summed E-state index contributed by atoms with van der Waals surface area (Å²) in [6.07, 6.45) is 1.61. The van der Waals surface area contributed by atoms with Gasteiger partial charge >= 0.3 is 11.9 Å². The number of nitrogens with zero attached hydrogens (tertiary/aromatic N) is 2. The molecule has 4 amide bonds. The number of aliphatic carboxylic acids is 2. The number of unbranched alkanes of at least 4 members (excludes halogenated alkanes) is 1. The number of carbonyl (C=O) groups is 6. The fourth-order valence-electron chi connectivity index (χ4n) is 1.68. The Kier molecular flexibility index (Phi) is 10.4. The quantitative estimate of drug-likeness (QED) is 0.283. The first-order valence-corrected chi connectivity index (χ1v) is 7.59. The number of carboxylic acids is 2. The van der Waals surface area contributed by atoms with Gasteiger partial charge in [-0.25, -0.2) is 0 Å². The third-order valence-electron chi connectivity index (χ3n) is 3.08. The van der Waals surface area contributed by atoms with Gasteiger partial charge in [0.1, 0.15) is 0 Å². The predicted molar refractivity (Wildman–Crippen MR) is 79.5 cm³/mol. The van der Waals surface area contributed by atoms with Crippen LogP contribution in [0.1, 0.15) is 51.4 Å². The van der Waals surface area contributed by atoms with Gasteiger partial charge in [-0.1, -0.05) is 0 Å². The van der Waals surface area contributed by atoms with Crippen LogP contribution in [0, 0.1) is 0 Å². The Hall–Kier alpha value is -2.86. The van der Waals surface area contributed by atoms with Crippen LogP contribution in [0.3, 0.4) is 0 Å². The molecule has 2 heterocycles. The summed E-state index contributed by atoms with van der Waals surface area (Å²) in [5, 5.41) is 33.4. The molecule has 0 aromatic carbocycles. The zero-order chi connectivity index (χ0) is 20.3. The Bertz CT molecular complexity index is 492. The predicted octanol–water partition coefficient (Wildman–Crippen LogP) is -0.235. The largest absolute Gasteiger partial charge is 0.481 e. The summed E-state index contributed by atoms with van der Waals surface area (Å²) in [7, 11) is 0. The molecule has 0 saturated carbocycles. The lowest BCUT2D eigenvalue weighted by molar-refractivity contribution is -0.172. The fraction of sp³-hybridized carbons (Fsp3) is 0.571. The summed E-state index contributed by atoms with van der Waals surface area (Å²) in [6, 6.07) is 0. The second-order valence-electron chi connectivity index (χ2n) is 5.19. The number of carbonyl (C=O) groups excluding carboxylic acids is 4. The molecule has 2 aliphatic rings. The number of hydrogen-bond acceptors (Lipinski definition) is 8. The van der Waals surface area contributed by atoms with Crippen LogP contribution < -0.4 is 0 Å². The molecule has 0 bridgehead atoms. The van der Waals surface area contributed by atoms with Gasteiger partial charge in [0.25, 0.3) is 23.6 Å². The van der Waals surface area contributed by atoms with Gasteiger partial charge in [0, 0.05) is 38.5 Å². The maximum Gasteiger partial charge on any atom is 0.303 e. The number of amides is 4. The lowest BCUT2D eigenvalue weighted by atomic mass is 10.2. The highest BCUT2D eigenvalue weighted by atomic mass is 16.5. The first-order chi connectivity index (χ1) is 12.1. The Labute approximate surface area is 147 Å². The van der Waals surface area contributed by atoms with E-state index in [1.54, 1.807) is 0 Å². The molecule has 26 heavy (non-hydrogen) atoms. The molecule has 0 aromatic rings. The summed E-state index contributed by atoms with van der Waals surface area (Å²) >= 11 is 0. The van der Waals surface area contributed by atoms with Crippen molar-refractivity contribution in [2.75, 3.05) is 0 Å². The molecule has 2 aliphatic heterocycles. The molecule has 0 unspecified atom stereocenters. The van der Waals surface area contributed by atoms with Crippen molar-refractivity contribution in [3.8, 4) is 0 Å². The van der Waals surface area contributed by atoms with Crippen molar-refractivity contribution in [1.29, 1.82) is 0 Å². The first-order valence-electron chi connectivity index (χ1n) is 7.59. The number of imide groups is 2. The lowest BCUT2D eigenvalue weighted by Gasteiger charge is -1.98. The highest BCUT2D eigenvalue weighted by molar-refractivity contribution is 6.00. The molecule has 0 radical (unpaired) electrons. The molecule has 0 atom stereocenters. The molecule has 4 N–H and O–H groups in total. The Morgan fingerprint density at radius 2 is 0.885 bits per heavy atom. The summed E-state index contributed by atoms with van der Waals surface area (Å²) in [4.78, 5) is 60.8. The van der Waals surface area contributed by atoms with E-state index in [0.717, 1.165) is 0 Å². The monoisotopic (exact) mass is 376 g/mol. The number of hydrogen-bond donors (Lipinski definition) is 4. The van der Waals surface area contributed by atoms with E-state index in [9.17, 15) is 28.8 Å². The maximum atomic E-state index is 10.2. The van der Waals surface area contributed by atoms with Crippen LogP contribution in [-0.2, 0) is 28.8 Å². The molecular weight excluding hydrogens is 356 g/mol. The third-order valence-corrected chi connectivity index (χ3v) is 3.08. The second kappa shape index (κ2) is 11.7. The molecule has 0 aromatic heterocycles. The Balaban J connectivity index is 0.000000363. The van der Waals surface area contributed by atoms with Crippen molar-refractivity contribution < 1.29 is 49.4 Å². The summed E-state index contributed by atoms with van der Waals surface area (Å²) < 4.78 is 0. The SMILES string of the molecule is O=C(O)CCCCC(=O)O.O=C1CCC(=O)N1O.O=C1CCC(=O)N1O. The van der Waals surface area contributed by atoms with Crippen LogP contribution in [0.5, 0.6) is 0 Å². The van der Waals surface area contributed by atoms with E-state index in [1.165, 1.54) is 0 Å². The standard InChI is InChI=1S/C6H10O4.2C4H5NO3/c7-5(8)3-1-2-4-6(9)10;2*6-3-1-2-4(7)5(3)8/h1-4H2,(H,7,8)(H,9,10);2*8H,1-2H2. The minimum atomic E-state index is -0.870. The van der Waals surface area contributed by atoms with Crippen LogP contribution >= 0.6 is 0 Å². The molecule has 146 valence electrons. The van der Waals surface area contributed by atoms with Crippen LogP contribution in [0.4, 0.5) is 0 Å². The van der Waals surface area contributed by atoms with Gasteiger partial charge in [0.15, 0.2) is 0 Å². The van der Waals surface area contributed by atoms with Crippen molar-refractivity contribution in [3.05, 3.63) is 0 Å². The van der Waals surface area contributed by atoms with Gasteiger partial charge in [-0.15, -0.1) is 0 Å². The number of carboxylic acid groups (broad SMARTS) is 2. The maximum absolute atomic E-state index is 10.2. The minimum absolute atomic E-state index is 0.0628. The van der Waals surface area contributed by atoms with E-state index in [0.29, 0.717) is 12.8 Å². The fourth-order valence-corrected chi connectivity index (χ4v) is 1.68. The summed E-state index contributed by atoms with van der Waals surface area (Å²) in [6.45, 7) is 0. The topological polar surface area (TPSA) is 190 Å². The molecule has 12 nitrogen and oxygen atoms in total. The molecule has 2 fully saturated rings. The van der Waals surface area contributed by atoms with Crippen LogP contribution in [0.25, 0.3) is 0 Å². The zero-order valence-electron chi connectivity index (χ0n) is 13.8. The van der Waals surface area contributed by atoms with E-state index in [-0.39, 0.29) is 48.7 Å². The van der Waals surface area contributed by atoms with Crippen LogP contribution in [-0.4, -0.2) is 66.3 Å². The van der Waals surface area contributed by atoms with E-state index in [4.69, 9.17) is 20.6 Å². The van der Waals surface area contributed by atoms with Gasteiger partial charge in [0.2, 0.25) is 0 Å². The van der Waals surface area contributed by atoms with E-state index in [1.807, 2.05) is 0 Å². The molecule has 2 rings (SSSR count). The highest BCUT2D eigenvalue weighted by Gasteiger charge is 2.27. The molecular formula is C14H20N2O10. The third kappa shape index (κ3) is 9.44. The van der Waals surface area contributed by atoms with Crippen molar-refractivity contribution in [2.45, 2.75) is 51.4 Å². The molecule has 12 heteroatoms. The first kappa shape index (κ1) is 23.1. The normalized spacial score (nSPS) is 16.1. The number of hydroxylamine groups is 4. The van der Waals surface area contributed by atoms with Gasteiger partial charge in [-0.3, -0.25) is 39.2 Å². The van der Waals surface area contributed by atoms with Crippen LogP contribution in [0.2, 0.25) is 0 Å². The second-order valence-corrected chi connectivity index (χ2v) is 5.19. The summed E-state index contributed by atoms with van der Waals surface area (Å²) in [5.74, 6) is -3.76. The molecule has 2 saturated heterocycles. The van der Waals surface area contributed by atoms with E-state index in [2.05, 4.69) is 0 Å². The van der Waals surface area contributed by atoms with E-state index < -0.39 is 35.6 Å². The van der Waals surface area contributed by atoms with Crippen LogP contribution in [0.15, 0.2) is 0 Å². The molecule has 0 spiro atoms. The van der Waals surface area contributed by atoms with Crippen molar-refractivity contribution in [3.63, 3.8) is 0 Å². The zero-order valence-corrected chi connectivity index (χ0v) is 13.8. The van der Waals surface area contributed by atoms with Gasteiger partial charge in [-0.05, 0) is 12.8 Å². The smallest absolute Gasteiger partial charge is 0.303 e. The Morgan fingerprint density at radius 3 is 1.00 bits per heavy atom. The van der Waals surface area contributed by atoms with Crippen molar-refractivity contribution in [2.24, 2.45) is 0 Å². The minimum Gasteiger partial charge on any atom is -0.481 e.